The van der Waals surface area contributed by atoms with E-state index in [4.69, 9.17) is 8.37 Å². The number of allylic oxidation sites excluding steroid dienone is 8. The van der Waals surface area contributed by atoms with E-state index in [1.807, 2.05) is 19.9 Å². The number of fused-ring (bicyclic) bond motifs is 6. The van der Waals surface area contributed by atoms with E-state index >= 15 is 0 Å². The summed E-state index contributed by atoms with van der Waals surface area (Å²) in [5.74, 6) is 0.0344. The molecule has 0 N–H and O–H groups in total. The summed E-state index contributed by atoms with van der Waals surface area (Å²) < 4.78 is 63.0. The van der Waals surface area contributed by atoms with Crippen LogP contribution in [0.3, 0.4) is 0 Å². The molecule has 8 nitrogen and oxygen atoms in total. The highest BCUT2D eigenvalue weighted by molar-refractivity contribution is 7.86. The normalized spacial score (nSPS) is 17.0. The lowest BCUT2D eigenvalue weighted by atomic mass is 9.80. The number of rotatable bonds is 22. The fourth-order valence-corrected chi connectivity index (χ4v) is 10.8. The highest BCUT2D eigenvalue weighted by atomic mass is 32.2. The second kappa shape index (κ2) is 20.2. The van der Waals surface area contributed by atoms with Crippen LogP contribution < -0.4 is 4.90 Å². The van der Waals surface area contributed by atoms with Crippen LogP contribution in [0.1, 0.15) is 104 Å². The van der Waals surface area contributed by atoms with Crippen molar-refractivity contribution in [2.45, 2.75) is 104 Å². The third kappa shape index (κ3) is 10.8. The first-order valence-electron chi connectivity index (χ1n) is 22.1. The lowest BCUT2D eigenvalue weighted by Gasteiger charge is -2.27. The number of hydrogen-bond donors (Lipinski definition) is 0. The average Bonchev–Trinajstić information content (AvgIpc) is 3.59. The largest absolute Gasteiger partial charge is 0.343 e. The maximum Gasteiger partial charge on any atom is 0.267 e. The molecule has 10 heteroatoms. The van der Waals surface area contributed by atoms with Gasteiger partial charge in [0.15, 0.2) is 5.71 Å². The second-order valence-electron chi connectivity index (χ2n) is 17.3. The minimum atomic E-state index is -3.54. The summed E-state index contributed by atoms with van der Waals surface area (Å²) in [6.07, 6.45) is 20.4. The first-order valence-corrected chi connectivity index (χ1v) is 25.3. The fourth-order valence-electron chi connectivity index (χ4n) is 8.71. The van der Waals surface area contributed by atoms with Gasteiger partial charge in [-0.3, -0.25) is 8.37 Å². The lowest BCUT2D eigenvalue weighted by molar-refractivity contribution is -0.436. The SMILES string of the molecule is CCCCOS(=O)(=O)CCCCN1/C(=C/C=C/C=C/C=C/C2=[N+](CCCCS(=O)(=O)OCCCC)c3c(ccc4ccccc34)C2(C)C)C(C)(C)c2ccc3ccccc3c21. The quantitative estimate of drug-likeness (QED) is 0.0336. The molecule has 0 bridgehead atoms. The lowest BCUT2D eigenvalue weighted by Crippen LogP contribution is -2.28. The molecule has 0 saturated carbocycles. The van der Waals surface area contributed by atoms with Crippen molar-refractivity contribution in [3.05, 3.63) is 132 Å². The minimum Gasteiger partial charge on any atom is -0.343 e. The van der Waals surface area contributed by atoms with Crippen LogP contribution in [0.2, 0.25) is 0 Å². The van der Waals surface area contributed by atoms with Gasteiger partial charge in [0.05, 0.1) is 41.2 Å². The molecule has 0 radical (unpaired) electrons. The third-order valence-corrected chi connectivity index (χ3v) is 14.7. The standard InChI is InChI=1S/C51H65N2O6S2/c1-7-9-36-58-60(54,55)38-22-20-34-52-46(50(3,4)44-32-30-40-24-16-18-26-42(40)48(44)52)28-14-12-11-13-15-29-47-51(5,6)45-33-31-41-25-17-19-27-43(41)49(45)53(47)35-21-23-39-61(56,57)59-37-10-8-2/h11-19,24-33H,7-10,20-23,34-39H2,1-6H3/q+1. The van der Waals surface area contributed by atoms with Crippen molar-refractivity contribution in [2.75, 3.05) is 42.7 Å². The highest BCUT2D eigenvalue weighted by Crippen LogP contribution is 2.51. The van der Waals surface area contributed by atoms with Crippen molar-refractivity contribution in [3.63, 3.8) is 0 Å². The fraction of sp³-hybridized carbons (Fsp3) is 0.431. The van der Waals surface area contributed by atoms with Crippen LogP contribution in [0.5, 0.6) is 0 Å². The zero-order valence-electron chi connectivity index (χ0n) is 37.0. The van der Waals surface area contributed by atoms with E-state index < -0.39 is 20.2 Å². The molecule has 2 heterocycles. The third-order valence-electron chi connectivity index (χ3n) is 12.1. The van der Waals surface area contributed by atoms with Gasteiger partial charge in [-0.2, -0.15) is 21.4 Å². The Bertz CT molecular complexity index is 2560. The summed E-state index contributed by atoms with van der Waals surface area (Å²) in [6, 6.07) is 25.8. The molecule has 0 unspecified atom stereocenters. The molecular formula is C51H65N2O6S2+. The summed E-state index contributed by atoms with van der Waals surface area (Å²) in [5, 5.41) is 4.75. The maximum atomic E-state index is 12.5. The van der Waals surface area contributed by atoms with Gasteiger partial charge in [-0.05, 0) is 74.4 Å². The van der Waals surface area contributed by atoms with Gasteiger partial charge in [-0.1, -0.05) is 138 Å². The van der Waals surface area contributed by atoms with Crippen LogP contribution in [0, 0.1) is 0 Å². The van der Waals surface area contributed by atoms with Crippen molar-refractivity contribution in [1.82, 2.24) is 0 Å². The first kappa shape index (κ1) is 46.2. The molecule has 4 aromatic rings. The molecule has 4 aromatic carbocycles. The molecule has 0 amide bonds. The smallest absolute Gasteiger partial charge is 0.267 e. The number of hydrogen-bond acceptors (Lipinski definition) is 7. The van der Waals surface area contributed by atoms with Crippen LogP contribution >= 0.6 is 0 Å². The summed E-state index contributed by atoms with van der Waals surface area (Å²) >= 11 is 0. The monoisotopic (exact) mass is 865 g/mol. The molecule has 61 heavy (non-hydrogen) atoms. The molecule has 0 atom stereocenters. The number of anilines is 1. The predicted molar refractivity (Wildman–Crippen MR) is 254 cm³/mol. The molecule has 2 aliphatic heterocycles. The molecule has 326 valence electrons. The van der Waals surface area contributed by atoms with Crippen molar-refractivity contribution in [1.29, 1.82) is 0 Å². The van der Waals surface area contributed by atoms with Crippen molar-refractivity contribution < 1.29 is 29.8 Å². The van der Waals surface area contributed by atoms with E-state index in [-0.39, 0.29) is 35.5 Å². The highest BCUT2D eigenvalue weighted by Gasteiger charge is 2.45. The average molecular weight is 866 g/mol. The van der Waals surface area contributed by atoms with Gasteiger partial charge in [0.25, 0.3) is 20.2 Å². The van der Waals surface area contributed by atoms with Gasteiger partial charge in [-0.15, -0.1) is 0 Å². The Balaban J connectivity index is 1.22. The topological polar surface area (TPSA) is 93.0 Å². The Morgan fingerprint density at radius 3 is 1.82 bits per heavy atom. The van der Waals surface area contributed by atoms with Crippen LogP contribution in [-0.2, 0) is 39.4 Å². The predicted octanol–water partition coefficient (Wildman–Crippen LogP) is 11.6. The van der Waals surface area contributed by atoms with Crippen molar-refractivity contribution in [2.24, 2.45) is 0 Å². The van der Waals surface area contributed by atoms with E-state index in [1.54, 1.807) is 0 Å². The van der Waals surface area contributed by atoms with Gasteiger partial charge in [0, 0.05) is 41.1 Å². The second-order valence-corrected chi connectivity index (χ2v) is 20.8. The van der Waals surface area contributed by atoms with Gasteiger partial charge in [0.2, 0.25) is 5.69 Å². The molecule has 0 spiro atoms. The van der Waals surface area contributed by atoms with E-state index in [2.05, 4.69) is 146 Å². The number of benzene rings is 4. The van der Waals surface area contributed by atoms with Gasteiger partial charge in [0.1, 0.15) is 6.54 Å². The van der Waals surface area contributed by atoms with Crippen LogP contribution in [0.4, 0.5) is 11.4 Å². The first-order chi connectivity index (χ1) is 29.2. The van der Waals surface area contributed by atoms with E-state index in [1.165, 1.54) is 55.5 Å². The van der Waals surface area contributed by atoms with Crippen molar-refractivity contribution in [3.8, 4) is 0 Å². The Kier molecular flexibility index (Phi) is 15.3. The Hall–Kier alpha value is -4.35. The zero-order chi connectivity index (χ0) is 43.7. The van der Waals surface area contributed by atoms with Gasteiger partial charge >= 0.3 is 0 Å². The van der Waals surface area contributed by atoms with Crippen molar-refractivity contribution >= 4 is 58.9 Å². The molecule has 0 aliphatic carbocycles. The van der Waals surface area contributed by atoms with E-state index in [0.717, 1.165) is 25.7 Å². The van der Waals surface area contributed by atoms with Crippen LogP contribution in [0.15, 0.2) is 121 Å². The van der Waals surface area contributed by atoms with E-state index in [0.29, 0.717) is 38.8 Å². The zero-order valence-corrected chi connectivity index (χ0v) is 38.7. The summed E-state index contributed by atoms with van der Waals surface area (Å²) in [7, 11) is -7.09. The molecule has 2 aliphatic rings. The number of nitrogens with zero attached hydrogens (tertiary/aromatic N) is 2. The molecule has 0 fully saturated rings. The molecular weight excluding hydrogens is 801 g/mol. The summed E-state index contributed by atoms with van der Waals surface area (Å²) in [4.78, 5) is 2.39. The summed E-state index contributed by atoms with van der Waals surface area (Å²) in [5.41, 5.74) is 6.73. The van der Waals surface area contributed by atoms with Gasteiger partial charge in [-0.25, -0.2) is 0 Å². The van der Waals surface area contributed by atoms with Gasteiger partial charge < -0.3 is 4.90 Å². The minimum absolute atomic E-state index is 0.0172. The summed E-state index contributed by atoms with van der Waals surface area (Å²) in [6.45, 7) is 15.0. The molecule has 0 saturated heterocycles. The Morgan fingerprint density at radius 2 is 1.16 bits per heavy atom. The Morgan fingerprint density at radius 1 is 0.607 bits per heavy atom. The Labute approximate surface area is 365 Å². The van der Waals surface area contributed by atoms with Crippen LogP contribution in [0.25, 0.3) is 21.5 Å². The number of unbranched alkanes of at least 4 members (excludes halogenated alkanes) is 4. The maximum absolute atomic E-state index is 12.5. The molecule has 0 aromatic heterocycles. The van der Waals surface area contributed by atoms with Crippen LogP contribution in [-0.4, -0.2) is 64.9 Å². The van der Waals surface area contributed by atoms with E-state index in [9.17, 15) is 16.8 Å². The molecule has 6 rings (SSSR count).